The highest BCUT2D eigenvalue weighted by Gasteiger charge is 2.05. The van der Waals surface area contributed by atoms with Crippen LogP contribution in [0.3, 0.4) is 0 Å². The summed E-state index contributed by atoms with van der Waals surface area (Å²) in [5, 5.41) is 0.342. The zero-order valence-corrected chi connectivity index (χ0v) is 8.41. The van der Waals surface area contributed by atoms with Gasteiger partial charge >= 0.3 is 0 Å². The number of benzene rings is 1. The van der Waals surface area contributed by atoms with Crippen LogP contribution >= 0.6 is 24.0 Å². The van der Waals surface area contributed by atoms with Crippen molar-refractivity contribution in [2.24, 2.45) is 11.5 Å². The predicted octanol–water partition coefficient (Wildman–Crippen LogP) is 1.86. The van der Waals surface area contributed by atoms with Gasteiger partial charge in [0.1, 0.15) is 5.82 Å². The third-order valence-corrected chi connectivity index (χ3v) is 1.79. The summed E-state index contributed by atoms with van der Waals surface area (Å²) in [5.41, 5.74) is 11.5. The van der Waals surface area contributed by atoms with Crippen molar-refractivity contribution in [2.45, 2.75) is 6.04 Å². The molecule has 0 bridgehead atoms. The van der Waals surface area contributed by atoms with Gasteiger partial charge in [-0.05, 0) is 23.8 Å². The summed E-state index contributed by atoms with van der Waals surface area (Å²) in [5.74, 6) is -0.388. The van der Waals surface area contributed by atoms with Crippen molar-refractivity contribution in [3.05, 3.63) is 34.6 Å². The number of hydrogen-bond donors (Lipinski definition) is 2. The average Bonchev–Trinajstić information content (AvgIpc) is 2.01. The third kappa shape index (κ3) is 3.48. The molecule has 1 rings (SSSR count). The standard InChI is InChI=1S/C8H10ClFN2.ClH/c9-6-1-5(8(12)4-11)2-7(10)3-6;/h1-3,8H,4,11-12H2;1H/t8-;/m1./s1. The Bertz CT molecular complexity index is 261. The SMILES string of the molecule is Cl.NC[C@@H](N)c1cc(F)cc(Cl)c1. The quantitative estimate of drug-likeness (QED) is 0.807. The van der Waals surface area contributed by atoms with Gasteiger partial charge in [0.2, 0.25) is 0 Å². The lowest BCUT2D eigenvalue weighted by Gasteiger charge is -2.08. The van der Waals surface area contributed by atoms with Crippen LogP contribution in [0.1, 0.15) is 11.6 Å². The predicted molar refractivity (Wildman–Crippen MR) is 54.6 cm³/mol. The molecule has 1 aromatic carbocycles. The Morgan fingerprint density at radius 3 is 2.46 bits per heavy atom. The molecular formula is C8H11Cl2FN2. The molecule has 0 spiro atoms. The number of halogens is 3. The number of nitrogens with two attached hydrogens (primary N) is 2. The largest absolute Gasteiger partial charge is 0.329 e. The first-order valence-corrected chi connectivity index (χ1v) is 3.93. The maximum Gasteiger partial charge on any atom is 0.125 e. The second kappa shape index (κ2) is 5.40. The van der Waals surface area contributed by atoms with Gasteiger partial charge in [0.05, 0.1) is 0 Å². The van der Waals surface area contributed by atoms with Gasteiger partial charge in [-0.15, -0.1) is 12.4 Å². The lowest BCUT2D eigenvalue weighted by Crippen LogP contribution is -2.20. The number of hydrogen-bond acceptors (Lipinski definition) is 2. The highest BCUT2D eigenvalue weighted by atomic mass is 35.5. The Kier molecular flexibility index (Phi) is 5.25. The first-order chi connectivity index (χ1) is 5.63. The molecule has 0 aromatic heterocycles. The summed E-state index contributed by atoms with van der Waals surface area (Å²) in [6.07, 6.45) is 0. The molecule has 74 valence electrons. The Morgan fingerprint density at radius 1 is 1.38 bits per heavy atom. The van der Waals surface area contributed by atoms with Crippen molar-refractivity contribution < 1.29 is 4.39 Å². The maximum atomic E-state index is 12.7. The summed E-state index contributed by atoms with van der Waals surface area (Å²) < 4.78 is 12.7. The molecule has 5 heteroatoms. The average molecular weight is 225 g/mol. The van der Waals surface area contributed by atoms with Crippen molar-refractivity contribution >= 4 is 24.0 Å². The molecule has 0 aliphatic rings. The van der Waals surface area contributed by atoms with Crippen LogP contribution in [0.15, 0.2) is 18.2 Å². The van der Waals surface area contributed by atoms with E-state index in [0.29, 0.717) is 10.6 Å². The molecule has 0 saturated heterocycles. The summed E-state index contributed by atoms with van der Waals surface area (Å²) >= 11 is 5.61. The van der Waals surface area contributed by atoms with Crippen LogP contribution in [-0.4, -0.2) is 6.54 Å². The van der Waals surface area contributed by atoms with Gasteiger partial charge in [0.15, 0.2) is 0 Å². The minimum Gasteiger partial charge on any atom is -0.329 e. The van der Waals surface area contributed by atoms with E-state index in [4.69, 9.17) is 23.1 Å². The van der Waals surface area contributed by atoms with Crippen molar-refractivity contribution in [3.63, 3.8) is 0 Å². The number of rotatable bonds is 2. The highest BCUT2D eigenvalue weighted by molar-refractivity contribution is 6.30. The Labute approximate surface area is 87.5 Å². The van der Waals surface area contributed by atoms with Gasteiger partial charge in [0.25, 0.3) is 0 Å². The van der Waals surface area contributed by atoms with E-state index < -0.39 is 0 Å². The van der Waals surface area contributed by atoms with Crippen molar-refractivity contribution in [1.82, 2.24) is 0 Å². The second-order valence-electron chi connectivity index (χ2n) is 2.54. The van der Waals surface area contributed by atoms with E-state index in [2.05, 4.69) is 0 Å². The monoisotopic (exact) mass is 224 g/mol. The Hall–Kier alpha value is -0.350. The van der Waals surface area contributed by atoms with Crippen LogP contribution in [0.25, 0.3) is 0 Å². The van der Waals surface area contributed by atoms with Crippen LogP contribution in [0.4, 0.5) is 4.39 Å². The maximum absolute atomic E-state index is 12.7. The zero-order chi connectivity index (χ0) is 9.14. The lowest BCUT2D eigenvalue weighted by atomic mass is 10.1. The minimum atomic E-state index is -0.388. The van der Waals surface area contributed by atoms with Crippen LogP contribution in [-0.2, 0) is 0 Å². The van der Waals surface area contributed by atoms with E-state index in [0.717, 1.165) is 0 Å². The van der Waals surface area contributed by atoms with E-state index >= 15 is 0 Å². The normalized spacial score (nSPS) is 12.0. The van der Waals surface area contributed by atoms with Gasteiger partial charge < -0.3 is 11.5 Å². The van der Waals surface area contributed by atoms with E-state index in [1.807, 2.05) is 0 Å². The van der Waals surface area contributed by atoms with Gasteiger partial charge in [-0.3, -0.25) is 0 Å². The molecule has 1 atom stereocenters. The van der Waals surface area contributed by atoms with Crippen molar-refractivity contribution in [3.8, 4) is 0 Å². The smallest absolute Gasteiger partial charge is 0.125 e. The van der Waals surface area contributed by atoms with Gasteiger partial charge in [-0.2, -0.15) is 0 Å². The fourth-order valence-corrected chi connectivity index (χ4v) is 1.16. The van der Waals surface area contributed by atoms with Gasteiger partial charge in [-0.1, -0.05) is 11.6 Å². The Morgan fingerprint density at radius 2 is 2.00 bits per heavy atom. The van der Waals surface area contributed by atoms with Gasteiger partial charge in [0, 0.05) is 17.6 Å². The van der Waals surface area contributed by atoms with E-state index in [1.54, 1.807) is 6.07 Å². The second-order valence-corrected chi connectivity index (χ2v) is 2.98. The topological polar surface area (TPSA) is 52.0 Å². The molecule has 0 saturated carbocycles. The summed E-state index contributed by atoms with van der Waals surface area (Å²) in [4.78, 5) is 0. The molecule has 13 heavy (non-hydrogen) atoms. The lowest BCUT2D eigenvalue weighted by molar-refractivity contribution is 0.620. The molecule has 0 radical (unpaired) electrons. The molecule has 0 heterocycles. The van der Waals surface area contributed by atoms with Crippen molar-refractivity contribution in [2.75, 3.05) is 6.54 Å². The first-order valence-electron chi connectivity index (χ1n) is 3.55. The molecule has 0 fully saturated rings. The summed E-state index contributed by atoms with van der Waals surface area (Å²) in [7, 11) is 0. The van der Waals surface area contributed by atoms with E-state index in [-0.39, 0.29) is 30.8 Å². The van der Waals surface area contributed by atoms with Crippen LogP contribution < -0.4 is 11.5 Å². The van der Waals surface area contributed by atoms with E-state index in [9.17, 15) is 4.39 Å². The van der Waals surface area contributed by atoms with Crippen LogP contribution in [0, 0.1) is 5.82 Å². The molecule has 0 aliphatic heterocycles. The summed E-state index contributed by atoms with van der Waals surface area (Å²) in [6.45, 7) is 0.278. The van der Waals surface area contributed by atoms with Crippen molar-refractivity contribution in [1.29, 1.82) is 0 Å². The fourth-order valence-electron chi connectivity index (χ4n) is 0.925. The fraction of sp³-hybridized carbons (Fsp3) is 0.250. The van der Waals surface area contributed by atoms with E-state index in [1.165, 1.54) is 12.1 Å². The van der Waals surface area contributed by atoms with Crippen LogP contribution in [0.2, 0.25) is 5.02 Å². The molecule has 1 aromatic rings. The summed E-state index contributed by atoms with van der Waals surface area (Å²) in [6, 6.07) is 3.83. The molecule has 0 unspecified atom stereocenters. The van der Waals surface area contributed by atoms with Crippen LogP contribution in [0.5, 0.6) is 0 Å². The molecule has 4 N–H and O–H groups in total. The third-order valence-electron chi connectivity index (χ3n) is 1.57. The molecule has 0 aliphatic carbocycles. The first kappa shape index (κ1) is 12.7. The molecular weight excluding hydrogens is 214 g/mol. The highest BCUT2D eigenvalue weighted by Crippen LogP contribution is 2.17. The zero-order valence-electron chi connectivity index (χ0n) is 6.84. The Balaban J connectivity index is 0.00000144. The molecule has 0 amide bonds. The minimum absolute atomic E-state index is 0. The van der Waals surface area contributed by atoms with Gasteiger partial charge in [-0.25, -0.2) is 4.39 Å². The molecule has 2 nitrogen and oxygen atoms in total.